The number of ketones is 1. The minimum Gasteiger partial charge on any atom is -0.459 e. The Hall–Kier alpha value is -2.25. The number of fused-ring (bicyclic) bond motifs is 16. The van der Waals surface area contributed by atoms with Crippen LogP contribution in [0.25, 0.3) is 0 Å². The third kappa shape index (κ3) is 5.86. The van der Waals surface area contributed by atoms with Gasteiger partial charge in [0, 0.05) is 11.8 Å². The second kappa shape index (κ2) is 13.6. The van der Waals surface area contributed by atoms with Crippen molar-refractivity contribution in [1.29, 1.82) is 0 Å². The second-order valence-corrected chi connectivity index (χ2v) is 22.4. The number of Topliss-reactive ketones (excluding diaryl/α,β-unsaturated/α-hetero) is 1. The summed E-state index contributed by atoms with van der Waals surface area (Å²) in [5.74, 6) is 5.52. The molecular weight excluding hydrogens is 705 g/mol. The van der Waals surface area contributed by atoms with E-state index in [-0.39, 0.29) is 29.4 Å². The first kappa shape index (κ1) is 38.0. The molecule has 308 valence electrons. The lowest BCUT2D eigenvalue weighted by Gasteiger charge is -2.44. The number of ether oxygens (including phenoxy) is 3. The molecule has 8 nitrogen and oxygen atoms in total. The van der Waals surface area contributed by atoms with Crippen LogP contribution in [-0.4, -0.2) is 40.9 Å². The van der Waals surface area contributed by atoms with Crippen LogP contribution in [0.5, 0.6) is 0 Å². The number of carbonyl (C=O) groups excluding carboxylic acids is 5. The summed E-state index contributed by atoms with van der Waals surface area (Å²) in [6.07, 6.45) is 16.4. The standard InChI is InChI=1S/C48H68O8/c1-23(43(50)55-47(4)21-26-10-13-30(47)15-26)9-11-27(44(51)56-48(5)22-29-18-40(48)32-8-6-7-31(29)32)12-14-33-39(46(53)54-45(33)52)19-34-24(2)35-20-38(34)42-37-17-28(41(35)42)16-36(37)25(3)49/h23-24,26-42H,6-22H2,1-5H3. The van der Waals surface area contributed by atoms with Crippen LogP contribution in [0.2, 0.25) is 0 Å². The first-order valence-electron chi connectivity index (χ1n) is 23.4. The Labute approximate surface area is 334 Å². The van der Waals surface area contributed by atoms with E-state index in [1.807, 2.05) is 6.92 Å². The normalized spacial score (nSPS) is 51.1. The van der Waals surface area contributed by atoms with Gasteiger partial charge in [0.2, 0.25) is 0 Å². The van der Waals surface area contributed by atoms with Crippen molar-refractivity contribution < 1.29 is 38.2 Å². The Kier molecular flexibility index (Phi) is 9.26. The van der Waals surface area contributed by atoms with Gasteiger partial charge in [0.15, 0.2) is 0 Å². The van der Waals surface area contributed by atoms with Crippen molar-refractivity contribution in [2.45, 2.75) is 155 Å². The summed E-state index contributed by atoms with van der Waals surface area (Å²) < 4.78 is 18.3. The molecule has 0 aromatic heterocycles. The molecule has 0 aromatic carbocycles. The largest absolute Gasteiger partial charge is 0.459 e. The predicted octanol–water partition coefficient (Wildman–Crippen LogP) is 8.76. The summed E-state index contributed by atoms with van der Waals surface area (Å²) >= 11 is 0. The van der Waals surface area contributed by atoms with Crippen LogP contribution in [0.3, 0.4) is 0 Å². The fourth-order valence-electron chi connectivity index (χ4n) is 17.5. The fraction of sp³-hybridized carbons (Fsp3) is 0.896. The highest BCUT2D eigenvalue weighted by atomic mass is 16.6. The van der Waals surface area contributed by atoms with Crippen LogP contribution in [0.4, 0.5) is 0 Å². The molecule has 0 aromatic rings. The van der Waals surface area contributed by atoms with E-state index < -0.39 is 35.3 Å². The van der Waals surface area contributed by atoms with Gasteiger partial charge in [-0.15, -0.1) is 0 Å². The molecule has 0 amide bonds. The molecule has 8 heteroatoms. The van der Waals surface area contributed by atoms with Gasteiger partial charge in [0.1, 0.15) is 17.0 Å². The lowest BCUT2D eigenvalue weighted by molar-refractivity contribution is -0.174. The van der Waals surface area contributed by atoms with E-state index in [9.17, 15) is 24.0 Å². The van der Waals surface area contributed by atoms with Crippen molar-refractivity contribution in [2.75, 3.05) is 0 Å². The van der Waals surface area contributed by atoms with Gasteiger partial charge in [-0.3, -0.25) is 24.0 Å². The molecule has 1 heterocycles. The third-order valence-electron chi connectivity index (χ3n) is 19.9. The van der Waals surface area contributed by atoms with Crippen LogP contribution in [0.1, 0.15) is 144 Å². The number of hydrogen-bond donors (Lipinski definition) is 0. The predicted molar refractivity (Wildman–Crippen MR) is 207 cm³/mol. The Balaban J connectivity index is 0.826. The van der Waals surface area contributed by atoms with Gasteiger partial charge in [-0.25, -0.2) is 0 Å². The molecule has 1 saturated heterocycles. The molecule has 56 heavy (non-hydrogen) atoms. The van der Waals surface area contributed by atoms with E-state index in [0.717, 1.165) is 50.4 Å². The summed E-state index contributed by atoms with van der Waals surface area (Å²) in [5, 5.41) is 0. The summed E-state index contributed by atoms with van der Waals surface area (Å²) in [6.45, 7) is 10.3. The second-order valence-electron chi connectivity index (χ2n) is 22.4. The van der Waals surface area contributed by atoms with Crippen LogP contribution in [0, 0.1) is 112 Å². The summed E-state index contributed by atoms with van der Waals surface area (Å²) in [6, 6.07) is 0. The summed E-state index contributed by atoms with van der Waals surface area (Å²) in [4.78, 5) is 67.5. The van der Waals surface area contributed by atoms with Crippen molar-refractivity contribution in [3.8, 4) is 0 Å². The monoisotopic (exact) mass is 772 g/mol. The van der Waals surface area contributed by atoms with Crippen LogP contribution >= 0.6 is 0 Å². The van der Waals surface area contributed by atoms with E-state index in [0.29, 0.717) is 109 Å². The smallest absolute Gasteiger partial charge is 0.317 e. The van der Waals surface area contributed by atoms with Gasteiger partial charge in [-0.05, 0) is 200 Å². The van der Waals surface area contributed by atoms with Gasteiger partial charge in [0.25, 0.3) is 0 Å². The third-order valence-corrected chi connectivity index (χ3v) is 19.9. The van der Waals surface area contributed by atoms with Gasteiger partial charge in [-0.1, -0.05) is 20.3 Å². The fourth-order valence-corrected chi connectivity index (χ4v) is 17.5. The van der Waals surface area contributed by atoms with Gasteiger partial charge < -0.3 is 14.2 Å². The topological polar surface area (TPSA) is 113 Å². The first-order valence-corrected chi connectivity index (χ1v) is 23.4. The molecule has 10 fully saturated rings. The van der Waals surface area contributed by atoms with E-state index in [1.165, 1.54) is 38.5 Å². The van der Waals surface area contributed by atoms with E-state index >= 15 is 0 Å². The maximum atomic E-state index is 14.4. The lowest BCUT2D eigenvalue weighted by atomic mass is 9.59. The molecule has 9 saturated carbocycles. The van der Waals surface area contributed by atoms with Crippen molar-refractivity contribution >= 4 is 29.7 Å². The van der Waals surface area contributed by atoms with E-state index in [2.05, 4.69) is 20.8 Å². The molecule has 10 aliphatic rings. The molecule has 1 aliphatic heterocycles. The van der Waals surface area contributed by atoms with E-state index in [1.54, 1.807) is 6.92 Å². The Morgan fingerprint density at radius 2 is 1.52 bits per heavy atom. The number of rotatable bonds is 13. The zero-order valence-corrected chi connectivity index (χ0v) is 34.8. The quantitative estimate of drug-likeness (QED) is 0.0791. The van der Waals surface area contributed by atoms with Crippen LogP contribution in [-0.2, 0) is 38.2 Å². The number of carbonyl (C=O) groups is 5. The van der Waals surface area contributed by atoms with Crippen LogP contribution < -0.4 is 0 Å². The number of esters is 4. The lowest BCUT2D eigenvalue weighted by Crippen LogP contribution is -2.44. The molecule has 8 bridgehead atoms. The Morgan fingerprint density at radius 3 is 2.27 bits per heavy atom. The zero-order valence-electron chi connectivity index (χ0n) is 34.8. The SMILES string of the molecule is CC(=O)C1CC2CC1C1C3CC(C(C)C3CC3C(=O)OC(=O)C3CCC(CCC(C)C(=O)OC3(C)CC4CCC3C4)C(=O)OC3(C)CC4CC3C3CCCC43)C21. The molecular formula is C48H68O8. The number of hydrogen-bond acceptors (Lipinski definition) is 8. The van der Waals surface area contributed by atoms with Crippen molar-refractivity contribution in [3.05, 3.63) is 0 Å². The van der Waals surface area contributed by atoms with Crippen LogP contribution in [0.15, 0.2) is 0 Å². The molecule has 0 radical (unpaired) electrons. The van der Waals surface area contributed by atoms with Crippen molar-refractivity contribution in [3.63, 3.8) is 0 Å². The van der Waals surface area contributed by atoms with Gasteiger partial charge in [-0.2, -0.15) is 0 Å². The maximum Gasteiger partial charge on any atom is 0.317 e. The Morgan fingerprint density at radius 1 is 0.750 bits per heavy atom. The van der Waals surface area contributed by atoms with Gasteiger partial charge in [0.05, 0.1) is 23.7 Å². The van der Waals surface area contributed by atoms with Crippen molar-refractivity contribution in [2.24, 2.45) is 112 Å². The highest BCUT2D eigenvalue weighted by molar-refractivity contribution is 5.96. The highest BCUT2D eigenvalue weighted by Crippen LogP contribution is 2.72. The number of cyclic esters (lactones) is 2. The molecule has 21 atom stereocenters. The molecule has 10 rings (SSSR count). The maximum absolute atomic E-state index is 14.4. The van der Waals surface area contributed by atoms with E-state index in [4.69, 9.17) is 14.2 Å². The van der Waals surface area contributed by atoms with Gasteiger partial charge >= 0.3 is 23.9 Å². The minimum atomic E-state index is -0.567. The Bertz CT molecular complexity index is 1650. The summed E-state index contributed by atoms with van der Waals surface area (Å²) in [7, 11) is 0. The minimum absolute atomic E-state index is 0.170. The average molecular weight is 773 g/mol. The first-order chi connectivity index (χ1) is 26.7. The highest BCUT2D eigenvalue weighted by Gasteiger charge is 2.68. The summed E-state index contributed by atoms with van der Waals surface area (Å²) in [5.41, 5.74) is -0.844. The average Bonchev–Trinajstić information content (AvgIpc) is 3.99. The van der Waals surface area contributed by atoms with Crippen molar-refractivity contribution in [1.82, 2.24) is 0 Å². The zero-order chi connectivity index (χ0) is 39.0. The molecule has 9 aliphatic carbocycles. The molecule has 0 N–H and O–H groups in total. The molecule has 21 unspecified atom stereocenters. The molecule has 0 spiro atoms.